The molecule has 0 saturated heterocycles. The van der Waals surface area contributed by atoms with Crippen molar-refractivity contribution in [1.82, 2.24) is 5.32 Å². The fourth-order valence-corrected chi connectivity index (χ4v) is 1.43. The van der Waals surface area contributed by atoms with E-state index >= 15 is 0 Å². The zero-order chi connectivity index (χ0) is 13.4. The van der Waals surface area contributed by atoms with Gasteiger partial charge in [0.15, 0.2) is 0 Å². The van der Waals surface area contributed by atoms with Gasteiger partial charge in [0.25, 0.3) is 5.91 Å². The van der Waals surface area contributed by atoms with Gasteiger partial charge >= 0.3 is 0 Å². The molecule has 18 heavy (non-hydrogen) atoms. The number of carbonyl (C=O) groups is 1. The fraction of sp³-hybridized carbons (Fsp3) is 0.500. The lowest BCUT2D eigenvalue weighted by Crippen LogP contribution is -2.25. The van der Waals surface area contributed by atoms with Crippen LogP contribution >= 0.6 is 0 Å². The molecule has 0 spiro atoms. The van der Waals surface area contributed by atoms with Crippen LogP contribution < -0.4 is 11.1 Å². The first kappa shape index (κ1) is 14.5. The van der Waals surface area contributed by atoms with Crippen molar-refractivity contribution in [3.8, 4) is 0 Å². The minimum atomic E-state index is -0.0705. The first-order valence-electron chi connectivity index (χ1n) is 6.31. The second-order valence-corrected chi connectivity index (χ2v) is 4.70. The summed E-state index contributed by atoms with van der Waals surface area (Å²) < 4.78 is 5.43. The van der Waals surface area contributed by atoms with Crippen LogP contribution in [0.25, 0.3) is 0 Å². The van der Waals surface area contributed by atoms with Crippen molar-refractivity contribution in [2.75, 3.05) is 25.5 Å². The highest BCUT2D eigenvalue weighted by atomic mass is 16.5. The molecule has 3 N–H and O–H groups in total. The van der Waals surface area contributed by atoms with Crippen molar-refractivity contribution in [1.29, 1.82) is 0 Å². The predicted octanol–water partition coefficient (Wildman–Crippen LogP) is 2.06. The maximum Gasteiger partial charge on any atom is 0.251 e. The highest BCUT2D eigenvalue weighted by molar-refractivity contribution is 5.94. The van der Waals surface area contributed by atoms with Gasteiger partial charge < -0.3 is 15.8 Å². The van der Waals surface area contributed by atoms with Crippen LogP contribution in [0, 0.1) is 5.92 Å². The number of anilines is 1. The molecule has 0 unspecified atom stereocenters. The number of nitrogens with two attached hydrogens (primary N) is 1. The normalized spacial score (nSPS) is 10.6. The molecule has 0 aliphatic rings. The Morgan fingerprint density at radius 1 is 1.33 bits per heavy atom. The second kappa shape index (κ2) is 7.71. The number of hydrogen-bond donors (Lipinski definition) is 2. The van der Waals surface area contributed by atoms with Crippen LogP contribution in [0.1, 0.15) is 30.6 Å². The molecule has 1 rings (SSSR count). The van der Waals surface area contributed by atoms with Gasteiger partial charge in [0.2, 0.25) is 0 Å². The number of carbonyl (C=O) groups excluding carboxylic acids is 1. The lowest BCUT2D eigenvalue weighted by atomic mass is 10.2. The number of nitrogens with one attached hydrogen (secondary N) is 1. The van der Waals surface area contributed by atoms with E-state index < -0.39 is 0 Å². The Morgan fingerprint density at radius 2 is 2.00 bits per heavy atom. The topological polar surface area (TPSA) is 64.3 Å². The van der Waals surface area contributed by atoms with Crippen molar-refractivity contribution in [3.05, 3.63) is 29.8 Å². The Bertz CT molecular complexity index is 361. The average Bonchev–Trinajstić information content (AvgIpc) is 2.34. The summed E-state index contributed by atoms with van der Waals surface area (Å²) in [6, 6.07) is 6.89. The highest BCUT2D eigenvalue weighted by Gasteiger charge is 2.03. The first-order chi connectivity index (χ1) is 8.59. The second-order valence-electron chi connectivity index (χ2n) is 4.70. The molecule has 0 bridgehead atoms. The molecule has 0 atom stereocenters. The summed E-state index contributed by atoms with van der Waals surface area (Å²) in [5, 5.41) is 2.85. The van der Waals surface area contributed by atoms with Gasteiger partial charge in [-0.15, -0.1) is 0 Å². The number of rotatable bonds is 7. The van der Waals surface area contributed by atoms with Crippen LogP contribution in [0.2, 0.25) is 0 Å². The van der Waals surface area contributed by atoms with Gasteiger partial charge in [-0.2, -0.15) is 0 Å². The molecule has 4 nitrogen and oxygen atoms in total. The van der Waals surface area contributed by atoms with E-state index in [0.29, 0.717) is 30.3 Å². The molecule has 4 heteroatoms. The molecule has 0 aliphatic carbocycles. The summed E-state index contributed by atoms with van der Waals surface area (Å²) in [5.41, 5.74) is 6.85. The maximum atomic E-state index is 11.7. The van der Waals surface area contributed by atoms with Crippen molar-refractivity contribution in [3.63, 3.8) is 0 Å². The fourth-order valence-electron chi connectivity index (χ4n) is 1.43. The van der Waals surface area contributed by atoms with Crippen molar-refractivity contribution in [2.45, 2.75) is 20.3 Å². The Morgan fingerprint density at radius 3 is 2.61 bits per heavy atom. The Hall–Kier alpha value is -1.55. The summed E-state index contributed by atoms with van der Waals surface area (Å²) in [7, 11) is 0. The molecule has 1 aromatic carbocycles. The van der Waals surface area contributed by atoms with Gasteiger partial charge in [0.1, 0.15) is 0 Å². The minimum absolute atomic E-state index is 0.0705. The summed E-state index contributed by atoms with van der Waals surface area (Å²) in [6.07, 6.45) is 0.827. The third kappa shape index (κ3) is 5.68. The van der Waals surface area contributed by atoms with E-state index in [2.05, 4.69) is 19.2 Å². The van der Waals surface area contributed by atoms with E-state index in [9.17, 15) is 4.79 Å². The van der Waals surface area contributed by atoms with Gasteiger partial charge in [-0.25, -0.2) is 0 Å². The Balaban J connectivity index is 2.16. The lowest BCUT2D eigenvalue weighted by molar-refractivity contribution is 0.0925. The highest BCUT2D eigenvalue weighted by Crippen LogP contribution is 2.04. The van der Waals surface area contributed by atoms with Gasteiger partial charge in [0, 0.05) is 31.0 Å². The molecule has 1 amide bonds. The van der Waals surface area contributed by atoms with Crippen molar-refractivity contribution >= 4 is 11.6 Å². The third-order valence-electron chi connectivity index (χ3n) is 2.38. The molecule has 1 aromatic rings. The number of benzene rings is 1. The van der Waals surface area contributed by atoms with Crippen molar-refractivity contribution in [2.24, 2.45) is 5.92 Å². The standard InChI is InChI=1S/C14H22N2O2/c1-11(2)10-18-9-3-8-16-14(17)12-4-6-13(15)7-5-12/h4-7,11H,3,8-10,15H2,1-2H3,(H,16,17). The van der Waals surface area contributed by atoms with Crippen molar-refractivity contribution < 1.29 is 9.53 Å². The largest absolute Gasteiger partial charge is 0.399 e. The Kier molecular flexibility index (Phi) is 6.22. The van der Waals surface area contributed by atoms with Gasteiger partial charge in [0.05, 0.1) is 0 Å². The summed E-state index contributed by atoms with van der Waals surface area (Å²) in [5.74, 6) is 0.480. The smallest absolute Gasteiger partial charge is 0.251 e. The van der Waals surface area contributed by atoms with Crippen LogP contribution in [-0.4, -0.2) is 25.7 Å². The zero-order valence-electron chi connectivity index (χ0n) is 11.1. The number of ether oxygens (including phenoxy) is 1. The molecule has 100 valence electrons. The summed E-state index contributed by atoms with van der Waals surface area (Å²) >= 11 is 0. The molecular weight excluding hydrogens is 228 g/mol. The Labute approximate surface area is 109 Å². The number of nitrogen functional groups attached to an aromatic ring is 1. The van der Waals surface area contributed by atoms with E-state index in [1.54, 1.807) is 24.3 Å². The SMILES string of the molecule is CC(C)COCCCNC(=O)c1ccc(N)cc1. The first-order valence-corrected chi connectivity index (χ1v) is 6.31. The average molecular weight is 250 g/mol. The molecular formula is C14H22N2O2. The van der Waals surface area contributed by atoms with Crippen LogP contribution in [0.5, 0.6) is 0 Å². The number of amides is 1. The molecule has 0 aromatic heterocycles. The lowest BCUT2D eigenvalue weighted by Gasteiger charge is -2.08. The van der Waals surface area contributed by atoms with Crippen LogP contribution in [0.4, 0.5) is 5.69 Å². The van der Waals surface area contributed by atoms with Crippen LogP contribution in [0.3, 0.4) is 0 Å². The molecule has 0 saturated carbocycles. The van der Waals surface area contributed by atoms with E-state index in [0.717, 1.165) is 13.0 Å². The predicted molar refractivity (Wildman–Crippen MR) is 73.5 cm³/mol. The van der Waals surface area contributed by atoms with Gasteiger partial charge in [-0.05, 0) is 36.6 Å². The van der Waals surface area contributed by atoms with E-state index in [-0.39, 0.29) is 5.91 Å². The van der Waals surface area contributed by atoms with E-state index in [1.807, 2.05) is 0 Å². The molecule has 0 heterocycles. The summed E-state index contributed by atoms with van der Waals surface area (Å²) in [6.45, 7) is 6.30. The molecule has 0 radical (unpaired) electrons. The summed E-state index contributed by atoms with van der Waals surface area (Å²) in [4.78, 5) is 11.7. The van der Waals surface area contributed by atoms with Crippen LogP contribution in [-0.2, 0) is 4.74 Å². The third-order valence-corrected chi connectivity index (χ3v) is 2.38. The maximum absolute atomic E-state index is 11.7. The van der Waals surface area contributed by atoms with Crippen LogP contribution in [0.15, 0.2) is 24.3 Å². The van der Waals surface area contributed by atoms with E-state index in [4.69, 9.17) is 10.5 Å². The zero-order valence-corrected chi connectivity index (χ0v) is 11.1. The quantitative estimate of drug-likeness (QED) is 0.575. The monoisotopic (exact) mass is 250 g/mol. The molecule has 0 fully saturated rings. The van der Waals surface area contributed by atoms with Gasteiger partial charge in [-0.1, -0.05) is 13.8 Å². The van der Waals surface area contributed by atoms with E-state index in [1.165, 1.54) is 0 Å². The number of hydrogen-bond acceptors (Lipinski definition) is 3. The van der Waals surface area contributed by atoms with Gasteiger partial charge in [-0.3, -0.25) is 4.79 Å². The molecule has 0 aliphatic heterocycles. The minimum Gasteiger partial charge on any atom is -0.399 e.